The summed E-state index contributed by atoms with van der Waals surface area (Å²) < 4.78 is 5.37. The Hall–Kier alpha value is -2.22. The maximum atomic E-state index is 13.7. The van der Waals surface area contributed by atoms with Gasteiger partial charge in [0.15, 0.2) is 11.6 Å². The second-order valence-electron chi connectivity index (χ2n) is 15.0. The van der Waals surface area contributed by atoms with Crippen molar-refractivity contribution in [2.45, 2.75) is 107 Å². The molecule has 38 heavy (non-hydrogen) atoms. The van der Waals surface area contributed by atoms with Crippen molar-refractivity contribution in [1.29, 1.82) is 5.26 Å². The molecule has 0 saturated heterocycles. The van der Waals surface area contributed by atoms with E-state index in [1.807, 2.05) is 26.0 Å². The number of nitriles is 1. The molecule has 0 heterocycles. The number of Topliss-reactive ketones (excluding diaryl/α,β-unsaturated/α-hetero) is 1. The highest BCUT2D eigenvalue weighted by Gasteiger charge is 2.65. The minimum Gasteiger partial charge on any atom is -0.469 e. The molecule has 0 aromatic rings. The van der Waals surface area contributed by atoms with Crippen LogP contribution in [0.15, 0.2) is 23.3 Å². The molecule has 5 atom stereocenters. The first-order chi connectivity index (χ1) is 17.4. The van der Waals surface area contributed by atoms with Gasteiger partial charge in [-0.25, -0.2) is 0 Å². The second kappa shape index (κ2) is 8.90. The van der Waals surface area contributed by atoms with Crippen molar-refractivity contribution in [2.24, 2.45) is 44.3 Å². The zero-order chi connectivity index (χ0) is 28.5. The highest BCUT2D eigenvalue weighted by molar-refractivity contribution is 6.04. The monoisotopic (exact) mass is 521 g/mol. The van der Waals surface area contributed by atoms with E-state index in [4.69, 9.17) is 4.74 Å². The van der Waals surface area contributed by atoms with E-state index >= 15 is 0 Å². The number of allylic oxidation sites excluding steroid dienone is 4. The standard InChI is InChI=1S/C33H47NO4/c1-21-23(35)18-25-30(6)19-22(20-34)26(36)29(4,5)24(30)10-11-32(25,8)31(21,7)14-17-33(27(37)38-9)15-12-28(2,3)13-16-33/h18-19,21,24H,10-17H2,1-9H3/t21?,24-,30-,31+,32+/m0/s1. The Balaban J connectivity index is 1.77. The van der Waals surface area contributed by atoms with Crippen LogP contribution in [0.3, 0.4) is 0 Å². The molecule has 0 amide bonds. The van der Waals surface area contributed by atoms with Gasteiger partial charge < -0.3 is 4.74 Å². The number of fused-ring (bicyclic) bond motifs is 3. The number of carbonyl (C=O) groups excluding carboxylic acids is 3. The molecule has 5 nitrogen and oxygen atoms in total. The zero-order valence-corrected chi connectivity index (χ0v) is 25.0. The summed E-state index contributed by atoms with van der Waals surface area (Å²) in [5, 5.41) is 9.86. The van der Waals surface area contributed by atoms with Gasteiger partial charge in [-0.1, -0.05) is 67.0 Å². The highest BCUT2D eigenvalue weighted by Crippen LogP contribution is 2.70. The molecule has 0 bridgehead atoms. The Morgan fingerprint density at radius 1 is 1.00 bits per heavy atom. The molecule has 0 aliphatic heterocycles. The van der Waals surface area contributed by atoms with Crippen LogP contribution in [0.4, 0.5) is 0 Å². The zero-order valence-electron chi connectivity index (χ0n) is 25.0. The van der Waals surface area contributed by atoms with Crippen LogP contribution >= 0.6 is 0 Å². The summed E-state index contributed by atoms with van der Waals surface area (Å²) in [7, 11) is 1.49. The van der Waals surface area contributed by atoms with Gasteiger partial charge in [-0.05, 0) is 79.6 Å². The summed E-state index contributed by atoms with van der Waals surface area (Å²) in [6.45, 7) is 17.2. The largest absolute Gasteiger partial charge is 0.469 e. The van der Waals surface area contributed by atoms with Crippen LogP contribution in [0.2, 0.25) is 0 Å². The van der Waals surface area contributed by atoms with Gasteiger partial charge >= 0.3 is 5.97 Å². The lowest BCUT2D eigenvalue weighted by Crippen LogP contribution is -2.59. The smallest absolute Gasteiger partial charge is 0.311 e. The first kappa shape index (κ1) is 28.8. The van der Waals surface area contributed by atoms with E-state index in [0.717, 1.165) is 50.5 Å². The van der Waals surface area contributed by atoms with Crippen molar-refractivity contribution in [3.63, 3.8) is 0 Å². The van der Waals surface area contributed by atoms with E-state index in [9.17, 15) is 19.6 Å². The summed E-state index contributed by atoms with van der Waals surface area (Å²) >= 11 is 0. The molecular formula is C33H47NO4. The predicted molar refractivity (Wildman–Crippen MR) is 148 cm³/mol. The second-order valence-corrected chi connectivity index (χ2v) is 15.0. The highest BCUT2D eigenvalue weighted by atomic mass is 16.5. The van der Waals surface area contributed by atoms with Gasteiger partial charge in [0.25, 0.3) is 0 Å². The third kappa shape index (κ3) is 3.88. The SMILES string of the molecule is COC(=O)C1(CC[C@]2(C)C(C)C(=O)C=C3[C@@]4(C)C=C(C#N)C(=O)C(C)(C)[C@@H]4CC[C@]32C)CCC(C)(C)CC1. The van der Waals surface area contributed by atoms with Gasteiger partial charge in [-0.2, -0.15) is 5.26 Å². The van der Waals surface area contributed by atoms with Crippen LogP contribution in [-0.2, 0) is 19.1 Å². The van der Waals surface area contributed by atoms with Crippen LogP contribution < -0.4 is 0 Å². The maximum absolute atomic E-state index is 13.7. The molecule has 2 saturated carbocycles. The van der Waals surface area contributed by atoms with Crippen LogP contribution in [0.25, 0.3) is 0 Å². The van der Waals surface area contributed by atoms with Gasteiger partial charge in [0.2, 0.25) is 0 Å². The lowest BCUT2D eigenvalue weighted by atomic mass is 9.38. The minimum absolute atomic E-state index is 0.0198. The number of carbonyl (C=O) groups is 3. The summed E-state index contributed by atoms with van der Waals surface area (Å²) in [6.07, 6.45) is 10.5. The van der Waals surface area contributed by atoms with Crippen LogP contribution in [0.1, 0.15) is 107 Å². The molecule has 0 N–H and O–H groups in total. The first-order valence-electron chi connectivity index (χ1n) is 14.5. The average molecular weight is 522 g/mol. The molecule has 4 aliphatic carbocycles. The Labute approximate surface area is 229 Å². The fourth-order valence-electron chi connectivity index (χ4n) is 9.03. The number of esters is 1. The molecule has 2 fully saturated rings. The Kier molecular flexibility index (Phi) is 6.74. The number of hydrogen-bond donors (Lipinski definition) is 0. The molecule has 4 aliphatic rings. The Morgan fingerprint density at radius 2 is 1.61 bits per heavy atom. The van der Waals surface area contributed by atoms with Crippen molar-refractivity contribution in [2.75, 3.05) is 7.11 Å². The van der Waals surface area contributed by atoms with Crippen molar-refractivity contribution in [3.8, 4) is 6.07 Å². The van der Waals surface area contributed by atoms with Crippen LogP contribution in [-0.4, -0.2) is 24.6 Å². The van der Waals surface area contributed by atoms with Gasteiger partial charge in [0.1, 0.15) is 6.07 Å². The number of ether oxygens (including phenoxy) is 1. The normalized spacial score (nSPS) is 39.2. The lowest BCUT2D eigenvalue weighted by molar-refractivity contribution is -0.158. The van der Waals surface area contributed by atoms with Gasteiger partial charge in [0.05, 0.1) is 18.1 Å². The summed E-state index contributed by atoms with van der Waals surface area (Å²) in [5.74, 6) is -0.266. The molecular weight excluding hydrogens is 474 g/mol. The van der Waals surface area contributed by atoms with Crippen molar-refractivity contribution >= 4 is 17.5 Å². The first-order valence-corrected chi connectivity index (χ1v) is 14.5. The molecule has 1 unspecified atom stereocenters. The molecule has 0 aromatic heterocycles. The van der Waals surface area contributed by atoms with Gasteiger partial charge in [-0.15, -0.1) is 0 Å². The van der Waals surface area contributed by atoms with E-state index in [-0.39, 0.29) is 51.2 Å². The molecule has 0 aromatic carbocycles. The average Bonchev–Trinajstić information content (AvgIpc) is 2.86. The summed E-state index contributed by atoms with van der Waals surface area (Å²) in [6, 6.07) is 2.16. The molecule has 0 spiro atoms. The molecule has 4 rings (SSSR count). The number of nitrogens with zero attached hydrogens (tertiary/aromatic N) is 1. The minimum atomic E-state index is -0.677. The van der Waals surface area contributed by atoms with Gasteiger partial charge in [-0.3, -0.25) is 14.4 Å². The third-order valence-electron chi connectivity index (χ3n) is 12.3. The summed E-state index contributed by atoms with van der Waals surface area (Å²) in [5.41, 5.74) is -0.919. The predicted octanol–water partition coefficient (Wildman–Crippen LogP) is 7.16. The Bertz CT molecular complexity index is 1160. The fraction of sp³-hybridized carbons (Fsp3) is 0.758. The quantitative estimate of drug-likeness (QED) is 0.367. The van der Waals surface area contributed by atoms with Crippen LogP contribution in [0, 0.1) is 55.7 Å². The van der Waals surface area contributed by atoms with E-state index < -0.39 is 16.2 Å². The van der Waals surface area contributed by atoms with E-state index in [1.54, 1.807) is 0 Å². The van der Waals surface area contributed by atoms with E-state index in [1.165, 1.54) is 7.11 Å². The maximum Gasteiger partial charge on any atom is 0.311 e. The molecule has 208 valence electrons. The van der Waals surface area contributed by atoms with Crippen molar-refractivity contribution < 1.29 is 19.1 Å². The fourth-order valence-corrected chi connectivity index (χ4v) is 9.03. The van der Waals surface area contributed by atoms with Crippen molar-refractivity contribution in [3.05, 3.63) is 23.3 Å². The van der Waals surface area contributed by atoms with E-state index in [0.29, 0.717) is 6.42 Å². The van der Waals surface area contributed by atoms with Crippen LogP contribution in [0.5, 0.6) is 0 Å². The topological polar surface area (TPSA) is 84.2 Å². The third-order valence-corrected chi connectivity index (χ3v) is 12.3. The number of methoxy groups -OCH3 is 1. The van der Waals surface area contributed by atoms with Crippen molar-refractivity contribution in [1.82, 2.24) is 0 Å². The number of rotatable bonds is 4. The molecule has 5 heteroatoms. The lowest BCUT2D eigenvalue weighted by Gasteiger charge is -2.64. The molecule has 0 radical (unpaired) electrons. The van der Waals surface area contributed by atoms with E-state index in [2.05, 4.69) is 47.6 Å². The van der Waals surface area contributed by atoms with Gasteiger partial charge in [0, 0.05) is 16.7 Å². The summed E-state index contributed by atoms with van der Waals surface area (Å²) in [4.78, 5) is 40.1. The number of hydrogen-bond acceptors (Lipinski definition) is 5. The number of ketones is 2. The Morgan fingerprint density at radius 3 is 2.16 bits per heavy atom.